The Morgan fingerprint density at radius 1 is 1.00 bits per heavy atom. The minimum absolute atomic E-state index is 0.168. The Hall–Kier alpha value is -0.240. The summed E-state index contributed by atoms with van der Waals surface area (Å²) >= 11 is 19.7. The number of aromatic nitrogens is 1. The molecule has 1 aromatic carbocycles. The molecule has 0 aliphatic heterocycles. The molecule has 0 spiro atoms. The van der Waals surface area contributed by atoms with Crippen LogP contribution >= 0.6 is 57.4 Å². The number of hydrogen-bond donors (Lipinski definition) is 0. The van der Waals surface area contributed by atoms with E-state index in [9.17, 15) is 13.2 Å². The lowest BCUT2D eigenvalue weighted by Gasteiger charge is -2.13. The van der Waals surface area contributed by atoms with Crippen LogP contribution < -0.4 is 0 Å². The van der Waals surface area contributed by atoms with E-state index in [4.69, 9.17) is 34.8 Å². The van der Waals surface area contributed by atoms with Crippen LogP contribution in [0.15, 0.2) is 24.4 Å². The molecule has 0 saturated heterocycles. The first kappa shape index (κ1) is 16.1. The lowest BCUT2D eigenvalue weighted by molar-refractivity contribution is -0.137. The third-order valence-electron chi connectivity index (χ3n) is 2.44. The maximum absolute atomic E-state index is 12.8. The van der Waals surface area contributed by atoms with Crippen LogP contribution in [0.3, 0.4) is 0 Å². The van der Waals surface area contributed by atoms with E-state index in [0.29, 0.717) is 8.72 Å². The molecule has 8 heteroatoms. The van der Waals surface area contributed by atoms with Gasteiger partial charge in [-0.2, -0.15) is 13.2 Å². The summed E-state index contributed by atoms with van der Waals surface area (Å²) in [7, 11) is 0. The molecule has 0 fully saturated rings. The van der Waals surface area contributed by atoms with Crippen LogP contribution in [0.1, 0.15) is 5.56 Å². The minimum Gasteiger partial charge on any atom is -0.249 e. The van der Waals surface area contributed by atoms with Crippen molar-refractivity contribution in [3.05, 3.63) is 48.7 Å². The summed E-state index contributed by atoms with van der Waals surface area (Å²) in [6.45, 7) is 0. The third kappa shape index (κ3) is 3.32. The predicted molar refractivity (Wildman–Crippen MR) is 82.4 cm³/mol. The number of hydrogen-bond acceptors (Lipinski definition) is 1. The molecule has 1 nitrogen and oxygen atoms in total. The molecule has 0 saturated carbocycles. The van der Waals surface area contributed by atoms with Crippen LogP contribution in [-0.4, -0.2) is 4.98 Å². The number of rotatable bonds is 1. The Bertz CT molecular complexity index is 650. The Kier molecular flexibility index (Phi) is 4.73. The normalized spacial score (nSPS) is 11.8. The highest BCUT2D eigenvalue weighted by Crippen LogP contribution is 2.40. The van der Waals surface area contributed by atoms with Gasteiger partial charge >= 0.3 is 6.18 Å². The second kappa shape index (κ2) is 5.87. The average Bonchev–Trinajstić information content (AvgIpc) is 2.28. The molecule has 2 aromatic rings. The van der Waals surface area contributed by atoms with E-state index in [1.165, 1.54) is 12.1 Å². The first-order chi connectivity index (χ1) is 9.20. The molecule has 0 bridgehead atoms. The first-order valence-electron chi connectivity index (χ1n) is 5.08. The molecule has 1 heterocycles. The number of pyridine rings is 1. The van der Waals surface area contributed by atoms with Crippen molar-refractivity contribution in [2.45, 2.75) is 6.18 Å². The second-order valence-electron chi connectivity index (χ2n) is 3.80. The van der Waals surface area contributed by atoms with Crippen molar-refractivity contribution in [3.8, 4) is 11.1 Å². The SMILES string of the molecule is FC(F)(F)c1cnc(I)c(-c2c(Cl)cc(Cl)cc2Cl)c1. The van der Waals surface area contributed by atoms with Crippen molar-refractivity contribution in [1.29, 1.82) is 0 Å². The van der Waals surface area contributed by atoms with Crippen LogP contribution in [0.2, 0.25) is 15.1 Å². The predicted octanol–water partition coefficient (Wildman–Crippen LogP) is 6.33. The highest BCUT2D eigenvalue weighted by atomic mass is 127. The van der Waals surface area contributed by atoms with Crippen LogP contribution in [0.4, 0.5) is 13.2 Å². The maximum Gasteiger partial charge on any atom is 0.417 e. The monoisotopic (exact) mass is 451 g/mol. The zero-order valence-corrected chi connectivity index (χ0v) is 13.8. The highest BCUT2D eigenvalue weighted by Gasteiger charge is 2.32. The van der Waals surface area contributed by atoms with Gasteiger partial charge in [0.05, 0.1) is 15.6 Å². The van der Waals surface area contributed by atoms with E-state index >= 15 is 0 Å². The standard InChI is InChI=1S/C12H4Cl3F3IN/c13-6-2-8(14)10(9(15)3-6)7-1-5(12(16,17)18)4-20-11(7)19/h1-4H. The molecular weight excluding hydrogens is 448 g/mol. The molecule has 106 valence electrons. The molecule has 0 amide bonds. The second-order valence-corrected chi connectivity index (χ2v) is 6.08. The van der Waals surface area contributed by atoms with E-state index < -0.39 is 11.7 Å². The van der Waals surface area contributed by atoms with E-state index in [1.54, 1.807) is 0 Å². The van der Waals surface area contributed by atoms with Crippen molar-refractivity contribution < 1.29 is 13.2 Å². The Morgan fingerprint density at radius 3 is 2.05 bits per heavy atom. The largest absolute Gasteiger partial charge is 0.417 e. The molecular formula is C12H4Cl3F3IN. The lowest BCUT2D eigenvalue weighted by atomic mass is 10.1. The van der Waals surface area contributed by atoms with Gasteiger partial charge < -0.3 is 0 Å². The van der Waals surface area contributed by atoms with Gasteiger partial charge in [0.1, 0.15) is 3.70 Å². The maximum atomic E-state index is 12.8. The van der Waals surface area contributed by atoms with E-state index in [-0.39, 0.29) is 21.2 Å². The Labute approximate surface area is 141 Å². The van der Waals surface area contributed by atoms with Crippen molar-refractivity contribution in [2.24, 2.45) is 0 Å². The fourth-order valence-corrected chi connectivity index (χ4v) is 3.16. The summed E-state index contributed by atoms with van der Waals surface area (Å²) in [5.74, 6) is 0. The molecule has 1 aromatic heterocycles. The van der Waals surface area contributed by atoms with Gasteiger partial charge in [-0.25, -0.2) is 4.98 Å². The molecule has 0 unspecified atom stereocenters. The Balaban J connectivity index is 2.70. The fraction of sp³-hybridized carbons (Fsp3) is 0.0833. The number of halogens is 7. The smallest absolute Gasteiger partial charge is 0.249 e. The molecule has 0 radical (unpaired) electrons. The van der Waals surface area contributed by atoms with Crippen molar-refractivity contribution in [1.82, 2.24) is 4.98 Å². The molecule has 0 N–H and O–H groups in total. The van der Waals surface area contributed by atoms with Gasteiger partial charge in [0.25, 0.3) is 0 Å². The van der Waals surface area contributed by atoms with Crippen LogP contribution in [0.25, 0.3) is 11.1 Å². The summed E-state index contributed by atoms with van der Waals surface area (Å²) in [4.78, 5) is 3.74. The summed E-state index contributed by atoms with van der Waals surface area (Å²) in [6, 6.07) is 3.80. The summed E-state index contributed by atoms with van der Waals surface area (Å²) in [6.07, 6.45) is -3.72. The zero-order chi connectivity index (χ0) is 15.1. The van der Waals surface area contributed by atoms with E-state index in [2.05, 4.69) is 4.98 Å². The molecule has 0 aliphatic carbocycles. The van der Waals surface area contributed by atoms with Gasteiger partial charge in [0, 0.05) is 22.3 Å². The summed E-state index contributed by atoms with van der Waals surface area (Å²) in [5, 5.41) is 0.641. The van der Waals surface area contributed by atoms with Crippen LogP contribution in [-0.2, 0) is 6.18 Å². The van der Waals surface area contributed by atoms with Gasteiger partial charge in [-0.1, -0.05) is 34.8 Å². The van der Waals surface area contributed by atoms with Gasteiger partial charge in [0.15, 0.2) is 0 Å². The van der Waals surface area contributed by atoms with Gasteiger partial charge in [-0.05, 0) is 40.8 Å². The summed E-state index contributed by atoms with van der Waals surface area (Å²) < 4.78 is 38.6. The van der Waals surface area contributed by atoms with Gasteiger partial charge in [-0.15, -0.1) is 0 Å². The third-order valence-corrected chi connectivity index (χ3v) is 4.12. The average molecular weight is 452 g/mol. The topological polar surface area (TPSA) is 12.9 Å². The number of nitrogens with zero attached hydrogens (tertiary/aromatic N) is 1. The van der Waals surface area contributed by atoms with Crippen LogP contribution in [0.5, 0.6) is 0 Å². The Morgan fingerprint density at radius 2 is 1.55 bits per heavy atom. The van der Waals surface area contributed by atoms with E-state index in [0.717, 1.165) is 12.3 Å². The first-order valence-corrected chi connectivity index (χ1v) is 7.29. The molecule has 2 rings (SSSR count). The van der Waals surface area contributed by atoms with E-state index in [1.807, 2.05) is 22.6 Å². The quantitative estimate of drug-likeness (QED) is 0.364. The highest BCUT2D eigenvalue weighted by molar-refractivity contribution is 14.1. The van der Waals surface area contributed by atoms with Gasteiger partial charge in [0.2, 0.25) is 0 Å². The van der Waals surface area contributed by atoms with Crippen molar-refractivity contribution >= 4 is 57.4 Å². The summed E-state index contributed by atoms with van der Waals surface area (Å²) in [5.41, 5.74) is -0.372. The van der Waals surface area contributed by atoms with Crippen LogP contribution in [0, 0.1) is 3.70 Å². The molecule has 0 atom stereocenters. The molecule has 20 heavy (non-hydrogen) atoms. The lowest BCUT2D eigenvalue weighted by Crippen LogP contribution is -2.06. The number of alkyl halides is 3. The van der Waals surface area contributed by atoms with Crippen molar-refractivity contribution in [3.63, 3.8) is 0 Å². The fourth-order valence-electron chi connectivity index (χ4n) is 1.58. The van der Waals surface area contributed by atoms with Crippen molar-refractivity contribution in [2.75, 3.05) is 0 Å². The van der Waals surface area contributed by atoms with Gasteiger partial charge in [-0.3, -0.25) is 0 Å². The molecule has 0 aliphatic rings. The minimum atomic E-state index is -4.49. The number of benzene rings is 1. The zero-order valence-electron chi connectivity index (χ0n) is 9.40.